The molecule has 13 nitrogen and oxygen atoms in total. The van der Waals surface area contributed by atoms with E-state index in [-0.39, 0.29) is 24.7 Å². The van der Waals surface area contributed by atoms with Gasteiger partial charge in [0.2, 0.25) is 5.60 Å². The Bertz CT molecular complexity index is 1110. The van der Waals surface area contributed by atoms with Crippen LogP contribution in [0.2, 0.25) is 0 Å². The van der Waals surface area contributed by atoms with E-state index in [0.29, 0.717) is 12.1 Å². The third-order valence-corrected chi connectivity index (χ3v) is 7.50. The molecule has 2 aromatic heterocycles. The van der Waals surface area contributed by atoms with Gasteiger partial charge >= 0.3 is 7.82 Å². The summed E-state index contributed by atoms with van der Waals surface area (Å²) in [6.45, 7) is 2.07. The van der Waals surface area contributed by atoms with E-state index in [4.69, 9.17) is 24.3 Å². The van der Waals surface area contributed by atoms with E-state index >= 15 is 0 Å². The van der Waals surface area contributed by atoms with Gasteiger partial charge in [-0.1, -0.05) is 51.9 Å². The molecule has 2 aromatic rings. The molecular formula is C24H38N5O8P. The van der Waals surface area contributed by atoms with Crippen LogP contribution >= 0.6 is 7.82 Å². The van der Waals surface area contributed by atoms with Crippen molar-refractivity contribution in [3.05, 3.63) is 24.2 Å². The molecule has 38 heavy (non-hydrogen) atoms. The largest absolute Gasteiger partial charge is 0.472 e. The van der Waals surface area contributed by atoms with Crippen LogP contribution in [0.1, 0.15) is 64.0 Å². The second kappa shape index (κ2) is 14.3. The van der Waals surface area contributed by atoms with E-state index in [1.807, 2.05) is 6.07 Å². The first-order chi connectivity index (χ1) is 18.3. The van der Waals surface area contributed by atoms with Gasteiger partial charge in [-0.15, -0.1) is 0 Å². The standard InChI is InChI=1S/C24H38N5O8P/c1-2-3-4-5-6-7-8-9-12-34-13-14-35-38(32,33)36-15-19-21(30)22(31)24(16-25,37-19)20-11-10-18-23(26)27-17-28-29(18)20/h10-11,17,19,21-22,30-31H,2-9,12-15H2,1H3,(H,32,33)(H2,26,27,28)/t19-,21-,22-,24+/m1/s1. The molecule has 0 spiro atoms. The van der Waals surface area contributed by atoms with Crippen LogP contribution < -0.4 is 5.73 Å². The molecule has 1 unspecified atom stereocenters. The summed E-state index contributed by atoms with van der Waals surface area (Å²) < 4.78 is 34.6. The topological polar surface area (TPSA) is 195 Å². The molecule has 1 aliphatic rings. The third-order valence-electron chi connectivity index (χ3n) is 6.51. The molecule has 1 saturated heterocycles. The van der Waals surface area contributed by atoms with Gasteiger partial charge in [-0.05, 0) is 18.6 Å². The van der Waals surface area contributed by atoms with Gasteiger partial charge in [0.25, 0.3) is 0 Å². The highest BCUT2D eigenvalue weighted by Gasteiger charge is 2.57. The summed E-state index contributed by atoms with van der Waals surface area (Å²) in [7, 11) is -4.51. The Balaban J connectivity index is 1.42. The van der Waals surface area contributed by atoms with E-state index in [1.165, 1.54) is 55.4 Å². The minimum atomic E-state index is -4.51. The van der Waals surface area contributed by atoms with Crippen molar-refractivity contribution in [2.24, 2.45) is 0 Å². The van der Waals surface area contributed by atoms with Gasteiger partial charge in [-0.25, -0.2) is 14.1 Å². The number of nitrogen functional groups attached to an aromatic ring is 1. The number of nitrogens with two attached hydrogens (primary N) is 1. The van der Waals surface area contributed by atoms with Gasteiger partial charge in [0, 0.05) is 6.61 Å². The quantitative estimate of drug-likeness (QED) is 0.165. The normalized spacial score (nSPS) is 25.0. The van der Waals surface area contributed by atoms with Crippen LogP contribution in [0.3, 0.4) is 0 Å². The van der Waals surface area contributed by atoms with Crippen molar-refractivity contribution in [2.75, 3.05) is 32.2 Å². The van der Waals surface area contributed by atoms with Crippen LogP contribution in [0.15, 0.2) is 18.5 Å². The summed E-state index contributed by atoms with van der Waals surface area (Å²) in [5.41, 5.74) is 4.28. The number of phosphoric acid groups is 1. The summed E-state index contributed by atoms with van der Waals surface area (Å²) >= 11 is 0. The van der Waals surface area contributed by atoms with Crippen LogP contribution in [-0.2, 0) is 28.7 Å². The number of aromatic nitrogens is 3. The van der Waals surface area contributed by atoms with Crippen molar-refractivity contribution in [2.45, 2.75) is 82.2 Å². The Morgan fingerprint density at radius 2 is 1.84 bits per heavy atom. The molecule has 5 N–H and O–H groups in total. The van der Waals surface area contributed by atoms with Gasteiger partial charge in [0.1, 0.15) is 36.2 Å². The Hall–Kier alpha value is -2.14. The van der Waals surface area contributed by atoms with Crippen molar-refractivity contribution < 1.29 is 38.2 Å². The van der Waals surface area contributed by atoms with Crippen molar-refractivity contribution in [1.82, 2.24) is 14.6 Å². The fraction of sp³-hybridized carbons (Fsp3) is 0.708. The zero-order chi connectivity index (χ0) is 27.6. The highest BCUT2D eigenvalue weighted by molar-refractivity contribution is 7.47. The maximum absolute atomic E-state index is 12.3. The monoisotopic (exact) mass is 555 g/mol. The third kappa shape index (κ3) is 7.49. The number of hydrogen-bond donors (Lipinski definition) is 4. The number of fused-ring (bicyclic) bond motifs is 1. The van der Waals surface area contributed by atoms with Crippen LogP contribution in [0.5, 0.6) is 0 Å². The number of unbranched alkanes of at least 4 members (excludes halogenated alkanes) is 7. The highest BCUT2D eigenvalue weighted by Crippen LogP contribution is 2.46. The molecule has 1 aliphatic heterocycles. The first-order valence-electron chi connectivity index (χ1n) is 13.0. The molecule has 0 aliphatic carbocycles. The molecule has 14 heteroatoms. The maximum Gasteiger partial charge on any atom is 0.472 e. The number of nitriles is 1. The molecule has 3 heterocycles. The lowest BCUT2D eigenvalue weighted by Crippen LogP contribution is -2.41. The highest BCUT2D eigenvalue weighted by atomic mass is 31.2. The molecule has 0 amide bonds. The SMILES string of the molecule is CCCCCCCCCCOCCOP(=O)(O)OC[C@H]1O[C@@](C#N)(c2ccc3c(N)ncnn23)[C@H](O)[C@@H]1O. The maximum atomic E-state index is 12.3. The number of hydrogen-bond acceptors (Lipinski definition) is 11. The number of aliphatic hydroxyl groups excluding tert-OH is 2. The number of rotatable bonds is 17. The zero-order valence-corrected chi connectivity index (χ0v) is 22.5. The van der Waals surface area contributed by atoms with Crippen molar-refractivity contribution in [3.63, 3.8) is 0 Å². The van der Waals surface area contributed by atoms with Crippen molar-refractivity contribution in [3.8, 4) is 6.07 Å². The van der Waals surface area contributed by atoms with Crippen LogP contribution in [0.25, 0.3) is 5.52 Å². The predicted octanol–water partition coefficient (Wildman–Crippen LogP) is 2.44. The lowest BCUT2D eigenvalue weighted by atomic mass is 9.92. The molecule has 5 atom stereocenters. The number of nitrogens with zero attached hydrogens (tertiary/aromatic N) is 4. The van der Waals surface area contributed by atoms with E-state index in [9.17, 15) is 24.9 Å². The van der Waals surface area contributed by atoms with Gasteiger partial charge in [-0.3, -0.25) is 9.05 Å². The molecule has 0 aromatic carbocycles. The molecule has 3 rings (SSSR count). The summed E-state index contributed by atoms with van der Waals surface area (Å²) in [5, 5.41) is 35.2. The fourth-order valence-electron chi connectivity index (χ4n) is 4.41. The summed E-state index contributed by atoms with van der Waals surface area (Å²) in [6.07, 6.45) is 6.02. The average Bonchev–Trinajstić information content (AvgIpc) is 3.44. The zero-order valence-electron chi connectivity index (χ0n) is 21.6. The van der Waals surface area contributed by atoms with Crippen LogP contribution in [0, 0.1) is 11.3 Å². The molecule has 1 fully saturated rings. The lowest BCUT2D eigenvalue weighted by Gasteiger charge is -2.24. The van der Waals surface area contributed by atoms with Gasteiger partial charge in [0.15, 0.2) is 5.82 Å². The second-order valence-corrected chi connectivity index (χ2v) is 10.7. The van der Waals surface area contributed by atoms with Crippen LogP contribution in [0.4, 0.5) is 5.82 Å². The van der Waals surface area contributed by atoms with Gasteiger partial charge in [0.05, 0.1) is 25.5 Å². The van der Waals surface area contributed by atoms with Crippen molar-refractivity contribution in [1.29, 1.82) is 5.26 Å². The molecular weight excluding hydrogens is 517 g/mol. The van der Waals surface area contributed by atoms with E-state index in [2.05, 4.69) is 17.0 Å². The van der Waals surface area contributed by atoms with E-state index in [0.717, 1.165) is 12.8 Å². The smallest absolute Gasteiger partial charge is 0.387 e. The number of anilines is 1. The Morgan fingerprint density at radius 3 is 2.55 bits per heavy atom. The van der Waals surface area contributed by atoms with Crippen LogP contribution in [-0.4, -0.2) is 74.4 Å². The number of ether oxygens (including phenoxy) is 2. The average molecular weight is 556 g/mol. The molecule has 0 bridgehead atoms. The summed E-state index contributed by atoms with van der Waals surface area (Å²) in [5.74, 6) is 0.146. The number of aliphatic hydroxyl groups is 2. The first kappa shape index (κ1) is 30.4. The Labute approximate surface area is 222 Å². The molecule has 212 valence electrons. The Morgan fingerprint density at radius 1 is 1.13 bits per heavy atom. The lowest BCUT2D eigenvalue weighted by molar-refractivity contribution is -0.0646. The van der Waals surface area contributed by atoms with Gasteiger partial charge < -0.3 is 30.3 Å². The minimum absolute atomic E-state index is 0.107. The molecule has 0 saturated carbocycles. The minimum Gasteiger partial charge on any atom is -0.387 e. The fourth-order valence-corrected chi connectivity index (χ4v) is 5.12. The summed E-state index contributed by atoms with van der Waals surface area (Å²) in [6, 6.07) is 4.90. The van der Waals surface area contributed by atoms with Gasteiger partial charge in [-0.2, -0.15) is 10.4 Å². The van der Waals surface area contributed by atoms with E-state index in [1.54, 1.807) is 6.07 Å². The van der Waals surface area contributed by atoms with Crippen molar-refractivity contribution >= 4 is 19.2 Å². The number of phosphoric ester groups is 1. The first-order valence-corrected chi connectivity index (χ1v) is 14.5. The Kier molecular flexibility index (Phi) is 11.4. The summed E-state index contributed by atoms with van der Waals surface area (Å²) in [4.78, 5) is 13.9. The second-order valence-electron chi connectivity index (χ2n) is 9.28. The predicted molar refractivity (Wildman–Crippen MR) is 137 cm³/mol. The van der Waals surface area contributed by atoms with E-state index < -0.39 is 38.3 Å². The molecule has 0 radical (unpaired) electrons.